The third kappa shape index (κ3) is 3.71. The van der Waals surface area contributed by atoms with Gasteiger partial charge in [-0.3, -0.25) is 9.48 Å². The molecular formula is C20H19ClN8O. The van der Waals surface area contributed by atoms with E-state index in [-0.39, 0.29) is 10.7 Å². The van der Waals surface area contributed by atoms with Crippen molar-refractivity contribution >= 4 is 34.8 Å². The van der Waals surface area contributed by atoms with Crippen molar-refractivity contribution in [2.24, 2.45) is 0 Å². The molecule has 0 unspecified atom stereocenters. The molecule has 4 aromatic rings. The van der Waals surface area contributed by atoms with Gasteiger partial charge in [0.15, 0.2) is 5.69 Å². The van der Waals surface area contributed by atoms with E-state index in [0.717, 1.165) is 37.3 Å². The van der Waals surface area contributed by atoms with Gasteiger partial charge in [0, 0.05) is 31.7 Å². The van der Waals surface area contributed by atoms with Crippen molar-refractivity contribution in [3.05, 3.63) is 65.6 Å². The summed E-state index contributed by atoms with van der Waals surface area (Å²) in [5.41, 5.74) is 2.46. The highest BCUT2D eigenvalue weighted by atomic mass is 35.5. The molecule has 9 nitrogen and oxygen atoms in total. The highest BCUT2D eigenvalue weighted by Gasteiger charge is 2.20. The summed E-state index contributed by atoms with van der Waals surface area (Å²) in [5, 5.41) is 7.33. The topological polar surface area (TPSA) is 93.2 Å². The van der Waals surface area contributed by atoms with Gasteiger partial charge in [0.1, 0.15) is 5.65 Å². The smallest absolute Gasteiger partial charge is 0.276 e. The van der Waals surface area contributed by atoms with Gasteiger partial charge in [-0.1, -0.05) is 17.7 Å². The number of nitrogens with zero attached hydrogens (tertiary/aromatic N) is 7. The van der Waals surface area contributed by atoms with E-state index < -0.39 is 5.91 Å². The molecule has 1 fully saturated rings. The Bertz CT molecular complexity index is 1180. The summed E-state index contributed by atoms with van der Waals surface area (Å²) < 4.78 is 3.67. The second kappa shape index (κ2) is 7.75. The lowest BCUT2D eigenvalue weighted by Gasteiger charge is -2.15. The van der Waals surface area contributed by atoms with Crippen molar-refractivity contribution in [3.8, 4) is 0 Å². The minimum absolute atomic E-state index is 0.154. The van der Waals surface area contributed by atoms with Gasteiger partial charge in [0.25, 0.3) is 5.91 Å². The normalized spacial score (nSPS) is 13.8. The minimum Gasteiger partial charge on any atom is -0.341 e. The van der Waals surface area contributed by atoms with Crippen LogP contribution in [-0.2, 0) is 6.54 Å². The Morgan fingerprint density at radius 2 is 2.00 bits per heavy atom. The fourth-order valence-electron chi connectivity index (χ4n) is 3.52. The molecule has 0 bridgehead atoms. The van der Waals surface area contributed by atoms with Crippen LogP contribution in [0.4, 0.5) is 11.6 Å². The monoisotopic (exact) mass is 422 g/mol. The molecule has 1 amide bonds. The Labute approximate surface area is 177 Å². The maximum atomic E-state index is 12.7. The Morgan fingerprint density at radius 1 is 1.13 bits per heavy atom. The van der Waals surface area contributed by atoms with Gasteiger partial charge in [-0.2, -0.15) is 5.10 Å². The number of carbonyl (C=O) groups is 1. The highest BCUT2D eigenvalue weighted by molar-refractivity contribution is 6.34. The van der Waals surface area contributed by atoms with Gasteiger partial charge >= 0.3 is 0 Å². The van der Waals surface area contributed by atoms with Crippen molar-refractivity contribution in [1.29, 1.82) is 0 Å². The molecule has 0 spiro atoms. The standard InChI is InChI=1S/C20H19ClN8O/c21-16-10-22-20(27-6-3-4-7-27)26-18(16)19(30)25-14-9-23-29(12-14)13-15-11-28-8-2-1-5-17(28)24-15/h1-2,5,8-12H,3-4,6-7,13H2,(H,25,30). The van der Waals surface area contributed by atoms with Crippen LogP contribution in [-0.4, -0.2) is 48.1 Å². The van der Waals surface area contributed by atoms with Gasteiger partial charge in [0.2, 0.25) is 5.95 Å². The van der Waals surface area contributed by atoms with E-state index in [2.05, 4.69) is 30.3 Å². The van der Waals surface area contributed by atoms with Gasteiger partial charge < -0.3 is 14.6 Å². The van der Waals surface area contributed by atoms with Crippen LogP contribution >= 0.6 is 11.6 Å². The second-order valence-corrected chi connectivity index (χ2v) is 7.55. The number of hydrogen-bond donors (Lipinski definition) is 1. The predicted molar refractivity (Wildman–Crippen MR) is 113 cm³/mol. The molecule has 1 N–H and O–H groups in total. The molecule has 5 rings (SSSR count). The Morgan fingerprint density at radius 3 is 2.83 bits per heavy atom. The van der Waals surface area contributed by atoms with Crippen molar-refractivity contribution in [2.75, 3.05) is 23.3 Å². The molecule has 0 radical (unpaired) electrons. The molecule has 0 saturated carbocycles. The Balaban J connectivity index is 1.30. The molecule has 0 atom stereocenters. The lowest BCUT2D eigenvalue weighted by atomic mass is 10.3. The fourth-order valence-corrected chi connectivity index (χ4v) is 3.70. The van der Waals surface area contributed by atoms with Crippen molar-refractivity contribution < 1.29 is 4.79 Å². The van der Waals surface area contributed by atoms with Gasteiger partial charge in [-0.15, -0.1) is 0 Å². The summed E-state index contributed by atoms with van der Waals surface area (Å²) >= 11 is 6.18. The van der Waals surface area contributed by atoms with Crippen LogP contribution in [0, 0.1) is 0 Å². The maximum Gasteiger partial charge on any atom is 0.276 e. The van der Waals surface area contributed by atoms with E-state index in [4.69, 9.17) is 11.6 Å². The summed E-state index contributed by atoms with van der Waals surface area (Å²) in [6.07, 6.45) is 10.9. The molecule has 5 heterocycles. The van der Waals surface area contributed by atoms with E-state index in [1.54, 1.807) is 17.1 Å². The number of carbonyl (C=O) groups excluding carboxylic acids is 1. The van der Waals surface area contributed by atoms with E-state index in [9.17, 15) is 4.79 Å². The predicted octanol–water partition coefficient (Wildman–Crippen LogP) is 2.88. The lowest BCUT2D eigenvalue weighted by Crippen LogP contribution is -2.23. The number of imidazole rings is 1. The number of rotatable bonds is 5. The first-order chi connectivity index (χ1) is 14.7. The zero-order valence-electron chi connectivity index (χ0n) is 16.1. The average molecular weight is 423 g/mol. The number of nitrogens with one attached hydrogen (secondary N) is 1. The number of amides is 1. The molecule has 30 heavy (non-hydrogen) atoms. The van der Waals surface area contributed by atoms with Crippen LogP contribution in [0.15, 0.2) is 49.2 Å². The van der Waals surface area contributed by atoms with E-state index >= 15 is 0 Å². The van der Waals surface area contributed by atoms with Crippen LogP contribution in [0.2, 0.25) is 5.02 Å². The van der Waals surface area contributed by atoms with Crippen molar-refractivity contribution in [2.45, 2.75) is 19.4 Å². The van der Waals surface area contributed by atoms with Crippen molar-refractivity contribution in [3.63, 3.8) is 0 Å². The molecule has 152 valence electrons. The first-order valence-electron chi connectivity index (χ1n) is 9.69. The fraction of sp³-hybridized carbons (Fsp3) is 0.250. The molecule has 1 aliphatic rings. The van der Waals surface area contributed by atoms with Crippen LogP contribution in [0.25, 0.3) is 5.65 Å². The summed E-state index contributed by atoms with van der Waals surface area (Å²) in [4.78, 5) is 28.0. The van der Waals surface area contributed by atoms with Crippen LogP contribution in [0.1, 0.15) is 29.0 Å². The number of hydrogen-bond acceptors (Lipinski definition) is 6. The molecular weight excluding hydrogens is 404 g/mol. The third-order valence-corrected chi connectivity index (χ3v) is 5.24. The van der Waals surface area contributed by atoms with Crippen LogP contribution < -0.4 is 10.2 Å². The first kappa shape index (κ1) is 18.6. The summed E-state index contributed by atoms with van der Waals surface area (Å²) in [6.45, 7) is 2.27. The zero-order valence-corrected chi connectivity index (χ0v) is 16.8. The number of fused-ring (bicyclic) bond motifs is 1. The second-order valence-electron chi connectivity index (χ2n) is 7.14. The number of pyridine rings is 1. The quantitative estimate of drug-likeness (QED) is 0.531. The van der Waals surface area contributed by atoms with E-state index in [0.29, 0.717) is 18.2 Å². The number of aromatic nitrogens is 6. The molecule has 1 saturated heterocycles. The Hall–Kier alpha value is -3.46. The molecule has 4 aromatic heterocycles. The molecule has 10 heteroatoms. The third-order valence-electron chi connectivity index (χ3n) is 4.96. The van der Waals surface area contributed by atoms with E-state index in [1.807, 2.05) is 35.0 Å². The van der Waals surface area contributed by atoms with Gasteiger partial charge in [0.05, 0.1) is 35.3 Å². The van der Waals surface area contributed by atoms with Crippen LogP contribution in [0.5, 0.6) is 0 Å². The lowest BCUT2D eigenvalue weighted by molar-refractivity contribution is 0.102. The average Bonchev–Trinajstić information content (AvgIpc) is 3.49. The SMILES string of the molecule is O=C(Nc1cnn(Cc2cn3ccccc3n2)c1)c1nc(N2CCCC2)ncc1Cl. The van der Waals surface area contributed by atoms with Gasteiger partial charge in [-0.05, 0) is 25.0 Å². The molecule has 0 aromatic carbocycles. The molecule has 0 aliphatic carbocycles. The summed E-state index contributed by atoms with van der Waals surface area (Å²) in [7, 11) is 0. The van der Waals surface area contributed by atoms with Gasteiger partial charge in [-0.25, -0.2) is 15.0 Å². The summed E-state index contributed by atoms with van der Waals surface area (Å²) in [6, 6.07) is 5.84. The number of halogens is 1. The molecule has 1 aliphatic heterocycles. The summed E-state index contributed by atoms with van der Waals surface area (Å²) in [5.74, 6) is 0.139. The van der Waals surface area contributed by atoms with E-state index in [1.165, 1.54) is 6.20 Å². The Kier molecular flexibility index (Phi) is 4.80. The largest absolute Gasteiger partial charge is 0.341 e. The zero-order chi connectivity index (χ0) is 20.5. The first-order valence-corrected chi connectivity index (χ1v) is 10.1. The highest BCUT2D eigenvalue weighted by Crippen LogP contribution is 2.21. The maximum absolute atomic E-state index is 12.7. The number of anilines is 2. The van der Waals surface area contributed by atoms with Crippen LogP contribution in [0.3, 0.4) is 0 Å². The van der Waals surface area contributed by atoms with Crippen molar-refractivity contribution in [1.82, 2.24) is 29.1 Å². The minimum atomic E-state index is -0.393.